The Bertz CT molecular complexity index is 495. The highest BCUT2D eigenvalue weighted by molar-refractivity contribution is 6.31. The van der Waals surface area contributed by atoms with Crippen LogP contribution in [0.1, 0.15) is 6.92 Å². The largest absolute Gasteiger partial charge is 0.467 e. The summed E-state index contributed by atoms with van der Waals surface area (Å²) in [6.07, 6.45) is 0. The molecule has 1 aromatic carbocycles. The lowest BCUT2D eigenvalue weighted by Gasteiger charge is -2.13. The first kappa shape index (κ1) is 14.2. The van der Waals surface area contributed by atoms with E-state index in [0.29, 0.717) is 0 Å². The number of hydrogen-bond donors (Lipinski definition) is 1. The normalized spacial score (nSPS) is 11.8. The number of hydrogen-bond acceptors (Lipinski definition) is 5. The lowest BCUT2D eigenvalue weighted by Crippen LogP contribution is -2.27. The molecule has 0 heterocycles. The minimum absolute atomic E-state index is 0.139. The molecule has 0 radical (unpaired) electrons. The van der Waals surface area contributed by atoms with E-state index in [0.717, 1.165) is 12.1 Å². The van der Waals surface area contributed by atoms with Gasteiger partial charge in [-0.25, -0.2) is 9.18 Å². The number of nitro groups is 1. The van der Waals surface area contributed by atoms with Gasteiger partial charge in [-0.05, 0) is 6.92 Å². The van der Waals surface area contributed by atoms with Crippen LogP contribution >= 0.6 is 11.6 Å². The molecule has 0 amide bonds. The number of halogens is 2. The van der Waals surface area contributed by atoms with Crippen molar-refractivity contribution >= 4 is 28.9 Å². The average molecular weight is 277 g/mol. The van der Waals surface area contributed by atoms with Gasteiger partial charge in [-0.3, -0.25) is 10.1 Å². The number of nitrogens with zero attached hydrogens (tertiary/aromatic N) is 1. The Balaban J connectivity index is 3.11. The summed E-state index contributed by atoms with van der Waals surface area (Å²) in [7, 11) is 1.18. The molecule has 0 aliphatic carbocycles. The quantitative estimate of drug-likeness (QED) is 0.519. The number of ether oxygens (including phenoxy) is 1. The van der Waals surface area contributed by atoms with Crippen LogP contribution in [0.5, 0.6) is 0 Å². The van der Waals surface area contributed by atoms with E-state index in [1.54, 1.807) is 0 Å². The molecule has 0 aliphatic rings. The van der Waals surface area contributed by atoms with Crippen molar-refractivity contribution in [1.82, 2.24) is 0 Å². The summed E-state index contributed by atoms with van der Waals surface area (Å²) in [5.74, 6) is -1.44. The van der Waals surface area contributed by atoms with Gasteiger partial charge in [-0.1, -0.05) is 11.6 Å². The highest BCUT2D eigenvalue weighted by atomic mass is 35.5. The van der Waals surface area contributed by atoms with Crippen molar-refractivity contribution in [2.45, 2.75) is 13.0 Å². The van der Waals surface area contributed by atoms with Crippen LogP contribution in [0.2, 0.25) is 5.02 Å². The van der Waals surface area contributed by atoms with E-state index in [9.17, 15) is 19.3 Å². The SMILES string of the molecule is COC(=O)C(C)Nc1cc(F)c(Cl)cc1[N+](=O)[O-]. The fraction of sp³-hybridized carbons (Fsp3) is 0.300. The first-order chi connectivity index (χ1) is 8.36. The number of nitrogens with one attached hydrogen (secondary N) is 1. The first-order valence-electron chi connectivity index (χ1n) is 4.84. The predicted molar refractivity (Wildman–Crippen MR) is 63.2 cm³/mol. The van der Waals surface area contributed by atoms with Crippen LogP contribution in [-0.2, 0) is 9.53 Å². The van der Waals surface area contributed by atoms with E-state index < -0.39 is 28.4 Å². The third-order valence-corrected chi connectivity index (χ3v) is 2.45. The molecule has 0 saturated heterocycles. The van der Waals surface area contributed by atoms with Crippen molar-refractivity contribution in [2.75, 3.05) is 12.4 Å². The number of methoxy groups -OCH3 is 1. The zero-order chi connectivity index (χ0) is 13.9. The highest BCUT2D eigenvalue weighted by Crippen LogP contribution is 2.30. The third-order valence-electron chi connectivity index (χ3n) is 2.16. The van der Waals surface area contributed by atoms with E-state index in [-0.39, 0.29) is 10.7 Å². The molecule has 1 aromatic rings. The van der Waals surface area contributed by atoms with Crippen molar-refractivity contribution in [3.63, 3.8) is 0 Å². The maximum atomic E-state index is 13.2. The van der Waals surface area contributed by atoms with E-state index in [4.69, 9.17) is 11.6 Å². The van der Waals surface area contributed by atoms with Crippen LogP contribution in [0.15, 0.2) is 12.1 Å². The average Bonchev–Trinajstić information content (AvgIpc) is 2.31. The van der Waals surface area contributed by atoms with E-state index in [1.807, 2.05) is 0 Å². The van der Waals surface area contributed by atoms with Gasteiger partial charge < -0.3 is 10.1 Å². The number of benzene rings is 1. The molecular formula is C10H10ClFN2O4. The van der Waals surface area contributed by atoms with Gasteiger partial charge in [0.25, 0.3) is 5.69 Å². The molecule has 6 nitrogen and oxygen atoms in total. The smallest absolute Gasteiger partial charge is 0.327 e. The lowest BCUT2D eigenvalue weighted by molar-refractivity contribution is -0.384. The highest BCUT2D eigenvalue weighted by Gasteiger charge is 2.21. The second kappa shape index (κ2) is 5.63. The monoisotopic (exact) mass is 276 g/mol. The van der Waals surface area contributed by atoms with Gasteiger partial charge in [-0.15, -0.1) is 0 Å². The van der Waals surface area contributed by atoms with Crippen LogP contribution in [0, 0.1) is 15.9 Å². The Morgan fingerprint density at radius 2 is 2.22 bits per heavy atom. The Morgan fingerprint density at radius 1 is 1.61 bits per heavy atom. The zero-order valence-electron chi connectivity index (χ0n) is 9.57. The number of nitro benzene ring substituents is 1. The molecule has 18 heavy (non-hydrogen) atoms. The number of carbonyl (C=O) groups is 1. The standard InChI is InChI=1S/C10H10ClFN2O4/c1-5(10(15)18-2)13-8-4-7(12)6(11)3-9(8)14(16)17/h3-5,13H,1-2H3. The predicted octanol–water partition coefficient (Wildman–Crippen LogP) is 2.36. The van der Waals surface area contributed by atoms with Gasteiger partial charge in [-0.2, -0.15) is 0 Å². The van der Waals surface area contributed by atoms with Crippen molar-refractivity contribution in [2.24, 2.45) is 0 Å². The summed E-state index contributed by atoms with van der Waals surface area (Å²) in [4.78, 5) is 21.2. The van der Waals surface area contributed by atoms with E-state index >= 15 is 0 Å². The van der Waals surface area contributed by atoms with Gasteiger partial charge in [0.2, 0.25) is 0 Å². The van der Waals surface area contributed by atoms with Gasteiger partial charge in [0.15, 0.2) is 0 Å². The molecule has 0 aliphatic heterocycles. The molecule has 1 rings (SSSR count). The third kappa shape index (κ3) is 3.07. The van der Waals surface area contributed by atoms with Crippen LogP contribution < -0.4 is 5.32 Å². The molecule has 1 unspecified atom stereocenters. The molecule has 8 heteroatoms. The zero-order valence-corrected chi connectivity index (χ0v) is 10.3. The molecular weight excluding hydrogens is 267 g/mol. The van der Waals surface area contributed by atoms with E-state index in [2.05, 4.69) is 10.1 Å². The fourth-order valence-electron chi connectivity index (χ4n) is 1.27. The van der Waals surface area contributed by atoms with Crippen molar-refractivity contribution in [3.05, 3.63) is 33.1 Å². The Hall–Kier alpha value is -1.89. The topological polar surface area (TPSA) is 81.5 Å². The number of esters is 1. The lowest BCUT2D eigenvalue weighted by atomic mass is 10.2. The number of carbonyl (C=O) groups excluding carboxylic acids is 1. The Labute approximate surface area is 107 Å². The van der Waals surface area contributed by atoms with Crippen molar-refractivity contribution in [1.29, 1.82) is 0 Å². The second-order valence-electron chi connectivity index (χ2n) is 3.43. The number of rotatable bonds is 4. The van der Waals surface area contributed by atoms with E-state index in [1.165, 1.54) is 14.0 Å². The minimum Gasteiger partial charge on any atom is -0.467 e. The maximum Gasteiger partial charge on any atom is 0.327 e. The van der Waals surface area contributed by atoms with Gasteiger partial charge in [0.1, 0.15) is 17.5 Å². The molecule has 0 spiro atoms. The van der Waals surface area contributed by atoms with Gasteiger partial charge in [0, 0.05) is 12.1 Å². The summed E-state index contributed by atoms with van der Waals surface area (Å²) < 4.78 is 17.7. The molecule has 0 bridgehead atoms. The molecule has 0 fully saturated rings. The second-order valence-corrected chi connectivity index (χ2v) is 3.84. The van der Waals surface area contributed by atoms with Crippen molar-refractivity contribution in [3.8, 4) is 0 Å². The van der Waals surface area contributed by atoms with Crippen LogP contribution in [0.25, 0.3) is 0 Å². The molecule has 98 valence electrons. The molecule has 0 aromatic heterocycles. The first-order valence-corrected chi connectivity index (χ1v) is 5.22. The number of anilines is 1. The molecule has 1 N–H and O–H groups in total. The Morgan fingerprint density at radius 3 is 2.72 bits per heavy atom. The van der Waals surface area contributed by atoms with Crippen LogP contribution in [0.3, 0.4) is 0 Å². The summed E-state index contributed by atoms with van der Waals surface area (Å²) in [6, 6.07) is 0.887. The van der Waals surface area contributed by atoms with Crippen molar-refractivity contribution < 1.29 is 18.8 Å². The molecule has 1 atom stereocenters. The maximum absolute atomic E-state index is 13.2. The van der Waals surface area contributed by atoms with Gasteiger partial charge >= 0.3 is 5.97 Å². The minimum atomic E-state index is -0.853. The summed E-state index contributed by atoms with van der Waals surface area (Å²) in [5, 5.41) is 12.9. The fourth-order valence-corrected chi connectivity index (χ4v) is 1.43. The Kier molecular flexibility index (Phi) is 4.43. The molecule has 0 saturated carbocycles. The van der Waals surface area contributed by atoms with Crippen LogP contribution in [-0.4, -0.2) is 24.0 Å². The summed E-state index contributed by atoms with van der Waals surface area (Å²) in [6.45, 7) is 1.43. The summed E-state index contributed by atoms with van der Waals surface area (Å²) in [5.41, 5.74) is -0.558. The summed E-state index contributed by atoms with van der Waals surface area (Å²) >= 11 is 5.46. The van der Waals surface area contributed by atoms with Crippen LogP contribution in [0.4, 0.5) is 15.8 Å². The van der Waals surface area contributed by atoms with Gasteiger partial charge in [0.05, 0.1) is 17.1 Å².